The lowest BCUT2D eigenvalue weighted by molar-refractivity contribution is -0.0104. The average Bonchev–Trinajstić information content (AvgIpc) is 2.13. The number of hydrogen-bond acceptors (Lipinski definition) is 3. The molecule has 0 aliphatic heterocycles. The number of ether oxygens (including phenoxy) is 1. The fourth-order valence-electron chi connectivity index (χ4n) is 1.76. The third-order valence-electron chi connectivity index (χ3n) is 2.88. The molecule has 2 N–H and O–H groups in total. The highest BCUT2D eigenvalue weighted by molar-refractivity contribution is 4.85. The van der Waals surface area contributed by atoms with Gasteiger partial charge in [-0.2, -0.15) is 0 Å². The molecule has 84 valence electrons. The lowest BCUT2D eigenvalue weighted by atomic mass is 9.89. The monoisotopic (exact) mass is 201 g/mol. The minimum Gasteiger partial charge on any atom is -0.393 e. The molecule has 1 aliphatic rings. The molecule has 1 aliphatic carbocycles. The largest absolute Gasteiger partial charge is 0.393 e. The van der Waals surface area contributed by atoms with Crippen LogP contribution >= 0.6 is 0 Å². The normalized spacial score (nSPS) is 28.5. The lowest BCUT2D eigenvalue weighted by Gasteiger charge is -2.35. The molecular weight excluding hydrogens is 178 g/mol. The third-order valence-corrected chi connectivity index (χ3v) is 2.88. The van der Waals surface area contributed by atoms with Crippen molar-refractivity contribution < 1.29 is 9.84 Å². The van der Waals surface area contributed by atoms with Crippen molar-refractivity contribution in [1.82, 2.24) is 5.32 Å². The molecule has 3 nitrogen and oxygen atoms in total. The topological polar surface area (TPSA) is 41.5 Å². The van der Waals surface area contributed by atoms with Gasteiger partial charge in [0.2, 0.25) is 0 Å². The van der Waals surface area contributed by atoms with Crippen LogP contribution in [0.1, 0.15) is 39.5 Å². The maximum Gasteiger partial charge on any atom is 0.0604 e. The Hall–Kier alpha value is -0.120. The molecule has 0 bridgehead atoms. The van der Waals surface area contributed by atoms with Crippen LogP contribution in [-0.2, 0) is 4.74 Å². The lowest BCUT2D eigenvalue weighted by Crippen LogP contribution is -2.46. The second-order valence-electron chi connectivity index (χ2n) is 4.05. The summed E-state index contributed by atoms with van der Waals surface area (Å²) >= 11 is 0. The first-order chi connectivity index (χ1) is 6.76. The first-order valence-electron chi connectivity index (χ1n) is 5.79. The molecule has 1 unspecified atom stereocenters. The summed E-state index contributed by atoms with van der Waals surface area (Å²) in [6.07, 6.45) is 4.34. The van der Waals surface area contributed by atoms with Crippen LogP contribution in [0.15, 0.2) is 0 Å². The van der Waals surface area contributed by atoms with E-state index in [0.29, 0.717) is 12.1 Å². The Balaban J connectivity index is 1.90. The van der Waals surface area contributed by atoms with Crippen LogP contribution in [-0.4, -0.2) is 36.5 Å². The van der Waals surface area contributed by atoms with Crippen LogP contribution in [0.5, 0.6) is 0 Å². The molecule has 0 aromatic rings. The molecule has 14 heavy (non-hydrogen) atoms. The molecule has 3 heteroatoms. The molecule has 0 aromatic heterocycles. The van der Waals surface area contributed by atoms with Gasteiger partial charge in [0.15, 0.2) is 0 Å². The van der Waals surface area contributed by atoms with E-state index in [-0.39, 0.29) is 6.10 Å². The van der Waals surface area contributed by atoms with Gasteiger partial charge < -0.3 is 15.2 Å². The summed E-state index contributed by atoms with van der Waals surface area (Å²) in [5.41, 5.74) is 0. The van der Waals surface area contributed by atoms with Crippen molar-refractivity contribution in [3.8, 4) is 0 Å². The fourth-order valence-corrected chi connectivity index (χ4v) is 1.76. The van der Waals surface area contributed by atoms with Crippen LogP contribution in [0.4, 0.5) is 0 Å². The Kier molecular flexibility index (Phi) is 5.45. The first kappa shape index (κ1) is 12.0. The molecule has 0 amide bonds. The van der Waals surface area contributed by atoms with Gasteiger partial charge in [0.05, 0.1) is 12.2 Å². The van der Waals surface area contributed by atoms with Crippen molar-refractivity contribution in [2.45, 2.75) is 57.8 Å². The fraction of sp³-hybridized carbons (Fsp3) is 1.00. The van der Waals surface area contributed by atoms with Crippen LogP contribution in [0, 0.1) is 0 Å². The highest BCUT2D eigenvalue weighted by atomic mass is 16.5. The van der Waals surface area contributed by atoms with Crippen LogP contribution in [0.3, 0.4) is 0 Å². The zero-order valence-corrected chi connectivity index (χ0v) is 9.33. The molecule has 0 radical (unpaired) electrons. The van der Waals surface area contributed by atoms with Gasteiger partial charge in [0.1, 0.15) is 0 Å². The maximum absolute atomic E-state index is 9.33. The van der Waals surface area contributed by atoms with Gasteiger partial charge in [-0.05, 0) is 39.2 Å². The van der Waals surface area contributed by atoms with Gasteiger partial charge in [-0.15, -0.1) is 0 Å². The summed E-state index contributed by atoms with van der Waals surface area (Å²) in [6.45, 7) is 5.81. The van der Waals surface area contributed by atoms with Crippen LogP contribution in [0.25, 0.3) is 0 Å². The summed E-state index contributed by atoms with van der Waals surface area (Å²) in [5, 5.41) is 12.8. The molecule has 0 spiro atoms. The summed E-state index contributed by atoms with van der Waals surface area (Å²) in [5.74, 6) is 0. The van der Waals surface area contributed by atoms with Crippen LogP contribution < -0.4 is 5.32 Å². The van der Waals surface area contributed by atoms with Crippen molar-refractivity contribution in [3.63, 3.8) is 0 Å². The van der Waals surface area contributed by atoms with Crippen molar-refractivity contribution >= 4 is 0 Å². The number of rotatable bonds is 7. The van der Waals surface area contributed by atoms with Gasteiger partial charge in [0, 0.05) is 12.6 Å². The predicted octanol–water partition coefficient (Wildman–Crippen LogP) is 1.30. The van der Waals surface area contributed by atoms with Crippen molar-refractivity contribution in [2.24, 2.45) is 0 Å². The zero-order valence-electron chi connectivity index (χ0n) is 9.33. The predicted molar refractivity (Wildman–Crippen MR) is 57.4 cm³/mol. The SMILES string of the molecule is CCOC1CC(NCCC(O)CC)C1. The molecular formula is C11H23NO2. The van der Waals surface area contributed by atoms with E-state index >= 15 is 0 Å². The van der Waals surface area contributed by atoms with E-state index in [9.17, 15) is 5.11 Å². The van der Waals surface area contributed by atoms with Gasteiger partial charge in [-0.25, -0.2) is 0 Å². The van der Waals surface area contributed by atoms with Crippen molar-refractivity contribution in [2.75, 3.05) is 13.2 Å². The van der Waals surface area contributed by atoms with E-state index in [1.807, 2.05) is 13.8 Å². The third kappa shape index (κ3) is 3.95. The molecule has 1 atom stereocenters. The second-order valence-corrected chi connectivity index (χ2v) is 4.05. The summed E-state index contributed by atoms with van der Waals surface area (Å²) in [6, 6.07) is 0.621. The summed E-state index contributed by atoms with van der Waals surface area (Å²) < 4.78 is 5.47. The van der Waals surface area contributed by atoms with Gasteiger partial charge >= 0.3 is 0 Å². The van der Waals surface area contributed by atoms with E-state index in [4.69, 9.17) is 4.74 Å². The molecule has 0 aromatic carbocycles. The van der Waals surface area contributed by atoms with E-state index in [0.717, 1.165) is 38.8 Å². The Labute approximate surface area is 86.8 Å². The highest BCUT2D eigenvalue weighted by Crippen LogP contribution is 2.22. The zero-order chi connectivity index (χ0) is 10.4. The van der Waals surface area contributed by atoms with Gasteiger partial charge in [-0.1, -0.05) is 6.92 Å². The number of aliphatic hydroxyl groups is 1. The second kappa shape index (κ2) is 6.38. The van der Waals surface area contributed by atoms with Gasteiger partial charge in [-0.3, -0.25) is 0 Å². The quantitative estimate of drug-likeness (QED) is 0.652. The maximum atomic E-state index is 9.33. The van der Waals surface area contributed by atoms with E-state index < -0.39 is 0 Å². The first-order valence-corrected chi connectivity index (χ1v) is 5.79. The molecule has 0 saturated heterocycles. The van der Waals surface area contributed by atoms with E-state index in [2.05, 4.69) is 5.32 Å². The number of hydrogen-bond donors (Lipinski definition) is 2. The van der Waals surface area contributed by atoms with Crippen molar-refractivity contribution in [3.05, 3.63) is 0 Å². The molecule has 1 rings (SSSR count). The minimum atomic E-state index is -0.134. The Morgan fingerprint density at radius 1 is 1.43 bits per heavy atom. The average molecular weight is 201 g/mol. The number of nitrogens with one attached hydrogen (secondary N) is 1. The van der Waals surface area contributed by atoms with Crippen LogP contribution in [0.2, 0.25) is 0 Å². The van der Waals surface area contributed by atoms with Crippen molar-refractivity contribution in [1.29, 1.82) is 0 Å². The van der Waals surface area contributed by atoms with E-state index in [1.54, 1.807) is 0 Å². The number of aliphatic hydroxyl groups excluding tert-OH is 1. The van der Waals surface area contributed by atoms with E-state index in [1.165, 1.54) is 0 Å². The standard InChI is InChI=1S/C11H23NO2/c1-3-10(13)5-6-12-9-7-11(8-9)14-4-2/h9-13H,3-8H2,1-2H3. The summed E-state index contributed by atoms with van der Waals surface area (Å²) in [7, 11) is 0. The summed E-state index contributed by atoms with van der Waals surface area (Å²) in [4.78, 5) is 0. The Morgan fingerprint density at radius 2 is 2.14 bits per heavy atom. The van der Waals surface area contributed by atoms with Gasteiger partial charge in [0.25, 0.3) is 0 Å². The molecule has 0 heterocycles. The minimum absolute atomic E-state index is 0.134. The molecule has 1 saturated carbocycles. The smallest absolute Gasteiger partial charge is 0.0604 e. The Morgan fingerprint density at radius 3 is 2.71 bits per heavy atom. The Bertz CT molecular complexity index is 146. The highest BCUT2D eigenvalue weighted by Gasteiger charge is 2.28. The molecule has 1 fully saturated rings.